The molecule has 0 atom stereocenters. The topological polar surface area (TPSA) is 80.7 Å². The molecule has 0 amide bonds. The van der Waals surface area contributed by atoms with Gasteiger partial charge in [0.25, 0.3) is 0 Å². The predicted molar refractivity (Wildman–Crippen MR) is 91.5 cm³/mol. The van der Waals surface area contributed by atoms with Gasteiger partial charge in [-0.15, -0.1) is 0 Å². The molecular weight excluding hydrogens is 308 g/mol. The molecule has 0 spiro atoms. The number of carboxylic acid groups (broad SMARTS) is 1. The molecule has 0 aliphatic carbocycles. The lowest BCUT2D eigenvalue weighted by molar-refractivity contribution is 0.0697. The highest BCUT2D eigenvalue weighted by Gasteiger charge is 2.13. The number of carboxylic acids is 1. The molecule has 3 aromatic rings. The van der Waals surface area contributed by atoms with Crippen LogP contribution in [0.15, 0.2) is 48.7 Å². The van der Waals surface area contributed by atoms with E-state index in [-0.39, 0.29) is 5.56 Å². The Morgan fingerprint density at radius 1 is 1.00 bits per heavy atom. The van der Waals surface area contributed by atoms with Crippen LogP contribution in [0.3, 0.4) is 0 Å². The van der Waals surface area contributed by atoms with Crippen LogP contribution in [0.1, 0.15) is 10.4 Å². The summed E-state index contributed by atoms with van der Waals surface area (Å²) in [7, 11) is 3.19. The van der Waals surface area contributed by atoms with Crippen molar-refractivity contribution in [3.05, 3.63) is 54.2 Å². The van der Waals surface area contributed by atoms with Gasteiger partial charge in [-0.1, -0.05) is 0 Å². The van der Waals surface area contributed by atoms with Gasteiger partial charge in [0, 0.05) is 11.9 Å². The molecule has 1 aromatic heterocycles. The maximum absolute atomic E-state index is 10.9. The standard InChI is InChI=1S/C18H16N2O4/c1-23-14-7-8-15(24-2)17-16(14)13(9-10-19-17)20-12-5-3-11(4-6-12)18(21)22/h3-10H,1-2H3,(H,19,20)(H,21,22). The zero-order chi connectivity index (χ0) is 17.1. The van der Waals surface area contributed by atoms with E-state index in [1.54, 1.807) is 50.7 Å². The molecule has 24 heavy (non-hydrogen) atoms. The summed E-state index contributed by atoms with van der Waals surface area (Å²) < 4.78 is 10.8. The molecule has 122 valence electrons. The van der Waals surface area contributed by atoms with Crippen LogP contribution in [0.4, 0.5) is 11.4 Å². The lowest BCUT2D eigenvalue weighted by Gasteiger charge is -2.14. The molecule has 6 nitrogen and oxygen atoms in total. The van der Waals surface area contributed by atoms with Crippen LogP contribution in [0.2, 0.25) is 0 Å². The van der Waals surface area contributed by atoms with E-state index in [2.05, 4.69) is 10.3 Å². The van der Waals surface area contributed by atoms with Crippen molar-refractivity contribution in [2.45, 2.75) is 0 Å². The molecule has 0 unspecified atom stereocenters. The Hall–Kier alpha value is -3.28. The van der Waals surface area contributed by atoms with Crippen molar-refractivity contribution >= 4 is 28.2 Å². The first-order valence-corrected chi connectivity index (χ1v) is 7.24. The number of pyridine rings is 1. The first-order chi connectivity index (χ1) is 11.6. The molecule has 3 rings (SSSR count). The number of ether oxygens (including phenoxy) is 2. The number of nitrogens with one attached hydrogen (secondary N) is 1. The first kappa shape index (κ1) is 15.6. The molecule has 2 N–H and O–H groups in total. The number of hydrogen-bond acceptors (Lipinski definition) is 5. The summed E-state index contributed by atoms with van der Waals surface area (Å²) in [6, 6.07) is 12.0. The van der Waals surface area contributed by atoms with E-state index in [1.165, 1.54) is 0 Å². The van der Waals surface area contributed by atoms with Crippen LogP contribution in [0.25, 0.3) is 10.9 Å². The van der Waals surface area contributed by atoms with Gasteiger partial charge in [-0.05, 0) is 42.5 Å². The van der Waals surface area contributed by atoms with E-state index in [1.807, 2.05) is 12.1 Å². The lowest BCUT2D eigenvalue weighted by atomic mass is 10.1. The van der Waals surface area contributed by atoms with Crippen LogP contribution in [0.5, 0.6) is 11.5 Å². The third-order valence-electron chi connectivity index (χ3n) is 3.67. The van der Waals surface area contributed by atoms with E-state index < -0.39 is 5.97 Å². The van der Waals surface area contributed by atoms with Crippen LogP contribution in [0, 0.1) is 0 Å². The zero-order valence-electron chi connectivity index (χ0n) is 13.2. The molecule has 2 aromatic carbocycles. The molecule has 0 saturated heterocycles. The fraction of sp³-hybridized carbons (Fsp3) is 0.111. The highest BCUT2D eigenvalue weighted by atomic mass is 16.5. The van der Waals surface area contributed by atoms with Crippen molar-refractivity contribution in [1.29, 1.82) is 0 Å². The number of carbonyl (C=O) groups is 1. The predicted octanol–water partition coefficient (Wildman–Crippen LogP) is 3.69. The summed E-state index contributed by atoms with van der Waals surface area (Å²) in [5.41, 5.74) is 2.47. The van der Waals surface area contributed by atoms with Gasteiger partial charge in [-0.2, -0.15) is 0 Å². The van der Waals surface area contributed by atoms with Crippen LogP contribution in [-0.4, -0.2) is 30.3 Å². The van der Waals surface area contributed by atoms with Gasteiger partial charge in [0.2, 0.25) is 0 Å². The fourth-order valence-electron chi connectivity index (χ4n) is 2.50. The first-order valence-electron chi connectivity index (χ1n) is 7.24. The van der Waals surface area contributed by atoms with Crippen molar-refractivity contribution in [2.24, 2.45) is 0 Å². The summed E-state index contributed by atoms with van der Waals surface area (Å²) in [6.45, 7) is 0. The lowest BCUT2D eigenvalue weighted by Crippen LogP contribution is -1.98. The van der Waals surface area contributed by atoms with Crippen LogP contribution >= 0.6 is 0 Å². The molecule has 0 radical (unpaired) electrons. The average Bonchev–Trinajstić information content (AvgIpc) is 2.61. The average molecular weight is 324 g/mol. The highest BCUT2D eigenvalue weighted by molar-refractivity contribution is 6.00. The van der Waals surface area contributed by atoms with E-state index in [0.29, 0.717) is 17.0 Å². The van der Waals surface area contributed by atoms with Gasteiger partial charge in [0.05, 0.1) is 30.9 Å². The number of nitrogens with zero attached hydrogens (tertiary/aromatic N) is 1. The van der Waals surface area contributed by atoms with Gasteiger partial charge in [-0.25, -0.2) is 4.79 Å². The third kappa shape index (κ3) is 2.81. The van der Waals surface area contributed by atoms with E-state index in [4.69, 9.17) is 14.6 Å². The van der Waals surface area contributed by atoms with Gasteiger partial charge >= 0.3 is 5.97 Å². The molecule has 0 bridgehead atoms. The van der Waals surface area contributed by atoms with E-state index in [9.17, 15) is 4.79 Å². The minimum absolute atomic E-state index is 0.236. The molecule has 0 saturated carbocycles. The second-order valence-corrected chi connectivity index (χ2v) is 5.06. The minimum atomic E-state index is -0.956. The monoisotopic (exact) mass is 324 g/mol. The maximum atomic E-state index is 10.9. The quantitative estimate of drug-likeness (QED) is 0.745. The number of fused-ring (bicyclic) bond motifs is 1. The number of anilines is 2. The Balaban J connectivity index is 2.07. The second kappa shape index (κ2) is 6.45. The van der Waals surface area contributed by atoms with Crippen LogP contribution < -0.4 is 14.8 Å². The summed E-state index contributed by atoms with van der Waals surface area (Å²) in [6.07, 6.45) is 1.68. The summed E-state index contributed by atoms with van der Waals surface area (Å²) in [5.74, 6) is 0.363. The number of hydrogen-bond donors (Lipinski definition) is 2. The smallest absolute Gasteiger partial charge is 0.335 e. The summed E-state index contributed by atoms with van der Waals surface area (Å²) in [4.78, 5) is 15.3. The Labute approximate surface area is 138 Å². The van der Waals surface area contributed by atoms with Gasteiger partial charge in [0.15, 0.2) is 0 Å². The molecular formula is C18H16N2O4. The fourth-order valence-corrected chi connectivity index (χ4v) is 2.50. The summed E-state index contributed by atoms with van der Waals surface area (Å²) >= 11 is 0. The Morgan fingerprint density at radius 2 is 1.67 bits per heavy atom. The third-order valence-corrected chi connectivity index (χ3v) is 3.67. The molecule has 0 aliphatic heterocycles. The Kier molecular flexibility index (Phi) is 4.20. The summed E-state index contributed by atoms with van der Waals surface area (Å²) in [5, 5.41) is 13.0. The highest BCUT2D eigenvalue weighted by Crippen LogP contribution is 2.37. The van der Waals surface area contributed by atoms with E-state index >= 15 is 0 Å². The molecule has 1 heterocycles. The number of aromatic carboxylic acids is 1. The molecule has 0 fully saturated rings. The van der Waals surface area contributed by atoms with Crippen molar-refractivity contribution in [1.82, 2.24) is 4.98 Å². The molecule has 0 aliphatic rings. The van der Waals surface area contributed by atoms with Gasteiger partial charge in [0.1, 0.15) is 17.0 Å². The van der Waals surface area contributed by atoms with Crippen molar-refractivity contribution in [2.75, 3.05) is 19.5 Å². The largest absolute Gasteiger partial charge is 0.496 e. The van der Waals surface area contributed by atoms with E-state index in [0.717, 1.165) is 16.8 Å². The maximum Gasteiger partial charge on any atom is 0.335 e. The van der Waals surface area contributed by atoms with Gasteiger partial charge < -0.3 is 19.9 Å². The number of rotatable bonds is 5. The SMILES string of the molecule is COc1ccc(OC)c2c(Nc3ccc(C(=O)O)cc3)ccnc12. The van der Waals surface area contributed by atoms with Crippen molar-refractivity contribution < 1.29 is 19.4 Å². The second-order valence-electron chi connectivity index (χ2n) is 5.06. The minimum Gasteiger partial charge on any atom is -0.496 e. The van der Waals surface area contributed by atoms with Crippen molar-refractivity contribution in [3.63, 3.8) is 0 Å². The Morgan fingerprint density at radius 3 is 2.29 bits per heavy atom. The normalized spacial score (nSPS) is 10.4. The van der Waals surface area contributed by atoms with Crippen LogP contribution in [-0.2, 0) is 0 Å². The van der Waals surface area contributed by atoms with Gasteiger partial charge in [-0.3, -0.25) is 4.98 Å². The number of benzene rings is 2. The van der Waals surface area contributed by atoms with Crippen molar-refractivity contribution in [3.8, 4) is 11.5 Å². The number of methoxy groups -OCH3 is 2. The number of aromatic nitrogens is 1. The zero-order valence-corrected chi connectivity index (χ0v) is 13.2. The Bertz CT molecular complexity index is 891. The molecule has 6 heteroatoms.